The molecule has 1 N–H and O–H groups in total. The van der Waals surface area contributed by atoms with E-state index in [-0.39, 0.29) is 5.91 Å². The first-order chi connectivity index (χ1) is 8.20. The number of rotatable bonds is 2. The first-order valence-electron chi connectivity index (χ1n) is 5.97. The fourth-order valence-electron chi connectivity index (χ4n) is 2.13. The summed E-state index contributed by atoms with van der Waals surface area (Å²) in [5.41, 5.74) is 0.495. The van der Waals surface area contributed by atoms with Crippen LogP contribution in [0.25, 0.3) is 0 Å². The number of hydrogen-bond acceptors (Lipinski definition) is 4. The molecule has 1 saturated heterocycles. The van der Waals surface area contributed by atoms with Crippen LogP contribution in [0.4, 0.5) is 0 Å². The molecule has 92 valence electrons. The van der Waals surface area contributed by atoms with Gasteiger partial charge in [-0.1, -0.05) is 0 Å². The Hall–Kier alpha value is -1.49. The second kappa shape index (κ2) is 5.23. The fourth-order valence-corrected chi connectivity index (χ4v) is 2.13. The van der Waals surface area contributed by atoms with E-state index in [1.807, 2.05) is 11.9 Å². The monoisotopic (exact) mass is 234 g/mol. The number of aromatic nitrogens is 2. The number of piperidine rings is 1. The predicted octanol–water partition coefficient (Wildman–Crippen LogP) is 0.609. The summed E-state index contributed by atoms with van der Waals surface area (Å²) in [6, 6.07) is 2.08. The van der Waals surface area contributed by atoms with Crippen LogP contribution in [0.1, 0.15) is 29.2 Å². The van der Waals surface area contributed by atoms with Crippen LogP contribution >= 0.6 is 0 Å². The zero-order valence-corrected chi connectivity index (χ0v) is 10.3. The molecule has 1 aliphatic rings. The molecule has 0 aromatic carbocycles. The number of carbonyl (C=O) groups is 1. The average molecular weight is 234 g/mol. The third kappa shape index (κ3) is 2.79. The van der Waals surface area contributed by atoms with Crippen LogP contribution in [0, 0.1) is 6.92 Å². The average Bonchev–Trinajstić information content (AvgIpc) is 2.38. The number of aryl methyl sites for hydroxylation is 1. The number of nitrogens with zero attached hydrogens (tertiary/aromatic N) is 3. The smallest absolute Gasteiger partial charge is 0.272 e. The Bertz CT molecular complexity index is 407. The molecular weight excluding hydrogens is 216 g/mol. The van der Waals surface area contributed by atoms with Crippen molar-refractivity contribution in [2.75, 3.05) is 20.1 Å². The third-order valence-corrected chi connectivity index (χ3v) is 3.11. The molecule has 0 unspecified atom stereocenters. The normalized spacial score (nSPS) is 20.4. The molecule has 5 heteroatoms. The third-order valence-electron chi connectivity index (χ3n) is 3.11. The lowest BCUT2D eigenvalue weighted by molar-refractivity contribution is 0.0691. The van der Waals surface area contributed by atoms with E-state index in [0.29, 0.717) is 17.6 Å². The van der Waals surface area contributed by atoms with Crippen LogP contribution in [0.2, 0.25) is 0 Å². The number of nitrogens with one attached hydrogen (secondary N) is 1. The minimum Gasteiger partial charge on any atom is -0.336 e. The van der Waals surface area contributed by atoms with Gasteiger partial charge in [-0.05, 0) is 32.9 Å². The van der Waals surface area contributed by atoms with E-state index in [1.165, 1.54) is 0 Å². The van der Waals surface area contributed by atoms with Gasteiger partial charge in [0.05, 0.1) is 0 Å². The maximum Gasteiger partial charge on any atom is 0.272 e. The van der Waals surface area contributed by atoms with Gasteiger partial charge in [0.15, 0.2) is 0 Å². The van der Waals surface area contributed by atoms with E-state index in [0.717, 1.165) is 25.9 Å². The van der Waals surface area contributed by atoms with Crippen LogP contribution < -0.4 is 5.32 Å². The fraction of sp³-hybridized carbons (Fsp3) is 0.583. The summed E-state index contributed by atoms with van der Waals surface area (Å²) < 4.78 is 0. The molecule has 1 aliphatic heterocycles. The summed E-state index contributed by atoms with van der Waals surface area (Å²) >= 11 is 0. The van der Waals surface area contributed by atoms with Crippen LogP contribution in [-0.2, 0) is 0 Å². The Morgan fingerprint density at radius 1 is 1.59 bits per heavy atom. The molecular formula is C12H18N4O. The zero-order valence-electron chi connectivity index (χ0n) is 10.3. The van der Waals surface area contributed by atoms with Gasteiger partial charge < -0.3 is 10.2 Å². The largest absolute Gasteiger partial charge is 0.336 e. The molecule has 0 saturated carbocycles. The van der Waals surface area contributed by atoms with Gasteiger partial charge in [0, 0.05) is 25.3 Å². The SMILES string of the molecule is CN[C@@H]1CCCN(C(=O)c2ccnc(C)n2)C1. The molecule has 1 aromatic heterocycles. The van der Waals surface area contributed by atoms with E-state index < -0.39 is 0 Å². The van der Waals surface area contributed by atoms with E-state index >= 15 is 0 Å². The topological polar surface area (TPSA) is 58.1 Å². The van der Waals surface area contributed by atoms with Gasteiger partial charge in [-0.2, -0.15) is 0 Å². The molecule has 5 nitrogen and oxygen atoms in total. The van der Waals surface area contributed by atoms with Crippen molar-refractivity contribution in [2.24, 2.45) is 0 Å². The minimum absolute atomic E-state index is 0.00968. The summed E-state index contributed by atoms with van der Waals surface area (Å²) in [4.78, 5) is 22.3. The van der Waals surface area contributed by atoms with Gasteiger partial charge in [0.25, 0.3) is 5.91 Å². The van der Waals surface area contributed by atoms with Gasteiger partial charge in [-0.25, -0.2) is 9.97 Å². The van der Waals surface area contributed by atoms with Crippen molar-refractivity contribution in [1.29, 1.82) is 0 Å². The number of amides is 1. The molecule has 1 fully saturated rings. The number of likely N-dealkylation sites (tertiary alicyclic amines) is 1. The lowest BCUT2D eigenvalue weighted by Gasteiger charge is -2.32. The Kier molecular flexibility index (Phi) is 3.68. The molecule has 0 spiro atoms. The van der Waals surface area contributed by atoms with Crippen molar-refractivity contribution in [1.82, 2.24) is 20.2 Å². The summed E-state index contributed by atoms with van der Waals surface area (Å²) in [6.45, 7) is 3.38. The first-order valence-corrected chi connectivity index (χ1v) is 5.97. The number of carbonyl (C=O) groups excluding carboxylic acids is 1. The Morgan fingerprint density at radius 3 is 3.12 bits per heavy atom. The second-order valence-corrected chi connectivity index (χ2v) is 4.37. The molecule has 1 aromatic rings. The van der Waals surface area contributed by atoms with E-state index in [9.17, 15) is 4.79 Å². The molecule has 1 atom stereocenters. The van der Waals surface area contributed by atoms with Gasteiger partial charge in [0.1, 0.15) is 11.5 Å². The van der Waals surface area contributed by atoms with E-state index in [4.69, 9.17) is 0 Å². The lowest BCUT2D eigenvalue weighted by Crippen LogP contribution is -2.47. The highest BCUT2D eigenvalue weighted by Gasteiger charge is 2.24. The van der Waals surface area contributed by atoms with Gasteiger partial charge in [-0.3, -0.25) is 4.79 Å². The molecule has 1 amide bonds. The zero-order chi connectivity index (χ0) is 12.3. The van der Waals surface area contributed by atoms with Crippen molar-refractivity contribution in [3.8, 4) is 0 Å². The summed E-state index contributed by atoms with van der Waals surface area (Å²) in [7, 11) is 1.94. The standard InChI is InChI=1S/C12H18N4O/c1-9-14-6-5-11(15-9)12(17)16-7-3-4-10(8-16)13-2/h5-6,10,13H,3-4,7-8H2,1-2H3/t10-/m1/s1. The maximum atomic E-state index is 12.2. The van der Waals surface area contributed by atoms with Gasteiger partial charge in [-0.15, -0.1) is 0 Å². The van der Waals surface area contributed by atoms with Crippen molar-refractivity contribution >= 4 is 5.91 Å². The van der Waals surface area contributed by atoms with Gasteiger partial charge >= 0.3 is 0 Å². The highest BCUT2D eigenvalue weighted by Crippen LogP contribution is 2.12. The quantitative estimate of drug-likeness (QED) is 0.814. The van der Waals surface area contributed by atoms with Crippen molar-refractivity contribution in [3.63, 3.8) is 0 Å². The Morgan fingerprint density at radius 2 is 2.41 bits per heavy atom. The first kappa shape index (κ1) is 12.0. The molecule has 17 heavy (non-hydrogen) atoms. The lowest BCUT2D eigenvalue weighted by atomic mass is 10.1. The van der Waals surface area contributed by atoms with Crippen LogP contribution in [-0.4, -0.2) is 47.0 Å². The Balaban J connectivity index is 2.09. The van der Waals surface area contributed by atoms with Crippen molar-refractivity contribution < 1.29 is 4.79 Å². The second-order valence-electron chi connectivity index (χ2n) is 4.37. The van der Waals surface area contributed by atoms with Crippen molar-refractivity contribution in [2.45, 2.75) is 25.8 Å². The number of hydrogen-bond donors (Lipinski definition) is 1. The number of likely N-dealkylation sites (N-methyl/N-ethyl adjacent to an activating group) is 1. The predicted molar refractivity (Wildman–Crippen MR) is 64.8 cm³/mol. The van der Waals surface area contributed by atoms with Crippen LogP contribution in [0.5, 0.6) is 0 Å². The molecule has 0 aliphatic carbocycles. The highest BCUT2D eigenvalue weighted by molar-refractivity contribution is 5.92. The van der Waals surface area contributed by atoms with E-state index in [1.54, 1.807) is 19.2 Å². The minimum atomic E-state index is 0.00968. The van der Waals surface area contributed by atoms with Crippen molar-refractivity contribution in [3.05, 3.63) is 23.8 Å². The van der Waals surface area contributed by atoms with E-state index in [2.05, 4.69) is 15.3 Å². The maximum absolute atomic E-state index is 12.2. The summed E-state index contributed by atoms with van der Waals surface area (Å²) in [6.07, 6.45) is 3.81. The molecule has 2 rings (SSSR count). The summed E-state index contributed by atoms with van der Waals surface area (Å²) in [5, 5.41) is 3.22. The van der Waals surface area contributed by atoms with Crippen LogP contribution in [0.3, 0.4) is 0 Å². The highest BCUT2D eigenvalue weighted by atomic mass is 16.2. The molecule has 2 heterocycles. The summed E-state index contributed by atoms with van der Waals surface area (Å²) in [5.74, 6) is 0.647. The molecule has 0 bridgehead atoms. The molecule has 0 radical (unpaired) electrons. The van der Waals surface area contributed by atoms with Crippen LogP contribution in [0.15, 0.2) is 12.3 Å². The van der Waals surface area contributed by atoms with Gasteiger partial charge in [0.2, 0.25) is 0 Å². The Labute approximate surface area is 101 Å².